The lowest BCUT2D eigenvalue weighted by atomic mass is 9.49. The van der Waals surface area contributed by atoms with E-state index in [1.807, 2.05) is 12.1 Å². The monoisotopic (exact) mass is 285 g/mol. The van der Waals surface area contributed by atoms with Gasteiger partial charge in [-0.05, 0) is 73.8 Å². The molecule has 4 fully saturated rings. The van der Waals surface area contributed by atoms with E-state index in [1.54, 1.807) is 12.4 Å². The van der Waals surface area contributed by atoms with Crippen LogP contribution >= 0.6 is 0 Å². The van der Waals surface area contributed by atoms with E-state index in [0.717, 1.165) is 30.0 Å². The average molecular weight is 285 g/mol. The Labute approximate surface area is 125 Å². The Kier molecular flexibility index (Phi) is 3.12. The topological polar surface area (TPSA) is 54.0 Å². The summed E-state index contributed by atoms with van der Waals surface area (Å²) in [7, 11) is 0. The standard InChI is InChI=1S/C17H23N3O/c21-16(20-15-2-1-3-18-10-15)19-11-17-7-12-4-13(8-17)6-14(5-12)9-17/h1-3,10,12-14H,4-9,11H2,(H2,19,20,21). The lowest BCUT2D eigenvalue weighted by Gasteiger charge is -2.56. The Morgan fingerprint density at radius 1 is 1.19 bits per heavy atom. The molecule has 21 heavy (non-hydrogen) atoms. The van der Waals surface area contributed by atoms with Gasteiger partial charge in [0.1, 0.15) is 0 Å². The molecule has 4 aliphatic carbocycles. The smallest absolute Gasteiger partial charge is 0.319 e. The van der Waals surface area contributed by atoms with Crippen molar-refractivity contribution in [1.82, 2.24) is 10.3 Å². The van der Waals surface area contributed by atoms with Crippen LogP contribution in [0.1, 0.15) is 38.5 Å². The highest BCUT2D eigenvalue weighted by atomic mass is 16.2. The fourth-order valence-corrected chi connectivity index (χ4v) is 5.39. The first kappa shape index (κ1) is 13.1. The molecule has 0 unspecified atom stereocenters. The molecule has 4 nitrogen and oxygen atoms in total. The molecular formula is C17H23N3O. The maximum absolute atomic E-state index is 12.1. The molecule has 0 saturated heterocycles. The molecule has 0 atom stereocenters. The van der Waals surface area contributed by atoms with E-state index in [2.05, 4.69) is 15.6 Å². The van der Waals surface area contributed by atoms with Crippen molar-refractivity contribution in [3.63, 3.8) is 0 Å². The van der Waals surface area contributed by atoms with Gasteiger partial charge in [-0.15, -0.1) is 0 Å². The summed E-state index contributed by atoms with van der Waals surface area (Å²) in [6.45, 7) is 0.836. The largest absolute Gasteiger partial charge is 0.337 e. The van der Waals surface area contributed by atoms with Crippen molar-refractivity contribution in [2.75, 3.05) is 11.9 Å². The maximum atomic E-state index is 12.1. The van der Waals surface area contributed by atoms with Crippen molar-refractivity contribution in [2.45, 2.75) is 38.5 Å². The van der Waals surface area contributed by atoms with E-state index in [4.69, 9.17) is 0 Å². The number of hydrogen-bond donors (Lipinski definition) is 2. The summed E-state index contributed by atoms with van der Waals surface area (Å²) < 4.78 is 0. The molecule has 4 heteroatoms. The van der Waals surface area contributed by atoms with Gasteiger partial charge in [0.25, 0.3) is 0 Å². The molecule has 112 valence electrons. The minimum absolute atomic E-state index is 0.0984. The third kappa shape index (κ3) is 2.63. The molecule has 1 aromatic rings. The van der Waals surface area contributed by atoms with E-state index in [-0.39, 0.29) is 6.03 Å². The minimum atomic E-state index is -0.0984. The molecule has 1 aromatic heterocycles. The molecule has 4 aliphatic rings. The summed E-state index contributed by atoms with van der Waals surface area (Å²) in [5.74, 6) is 2.79. The summed E-state index contributed by atoms with van der Waals surface area (Å²) in [5.41, 5.74) is 1.14. The molecule has 0 aromatic carbocycles. The van der Waals surface area contributed by atoms with Crippen molar-refractivity contribution >= 4 is 11.7 Å². The van der Waals surface area contributed by atoms with Gasteiger partial charge in [-0.3, -0.25) is 4.98 Å². The van der Waals surface area contributed by atoms with Crippen LogP contribution in [-0.4, -0.2) is 17.6 Å². The summed E-state index contributed by atoms with van der Waals surface area (Å²) in [6, 6.07) is 3.59. The zero-order valence-electron chi connectivity index (χ0n) is 12.3. The number of carbonyl (C=O) groups excluding carboxylic acids is 1. The Morgan fingerprint density at radius 2 is 1.86 bits per heavy atom. The highest BCUT2D eigenvalue weighted by Crippen LogP contribution is 2.59. The number of urea groups is 1. The van der Waals surface area contributed by atoms with Gasteiger partial charge in [0.15, 0.2) is 0 Å². The lowest BCUT2D eigenvalue weighted by Crippen LogP contribution is -2.51. The second kappa shape index (κ2) is 5.00. The number of carbonyl (C=O) groups is 1. The van der Waals surface area contributed by atoms with Crippen LogP contribution in [0.3, 0.4) is 0 Å². The Morgan fingerprint density at radius 3 is 2.43 bits per heavy atom. The van der Waals surface area contributed by atoms with E-state index >= 15 is 0 Å². The first-order chi connectivity index (χ1) is 10.2. The third-order valence-electron chi connectivity index (χ3n) is 5.71. The SMILES string of the molecule is O=C(NCC12CC3CC(CC(C3)C1)C2)Nc1cccnc1. The van der Waals surface area contributed by atoms with Crippen molar-refractivity contribution < 1.29 is 4.79 Å². The fourth-order valence-electron chi connectivity index (χ4n) is 5.39. The van der Waals surface area contributed by atoms with Crippen LogP contribution in [0.4, 0.5) is 10.5 Å². The van der Waals surface area contributed by atoms with E-state index < -0.39 is 0 Å². The molecular weight excluding hydrogens is 262 g/mol. The number of anilines is 1. The van der Waals surface area contributed by atoms with Crippen molar-refractivity contribution in [3.05, 3.63) is 24.5 Å². The molecule has 2 N–H and O–H groups in total. The second-order valence-electron chi connectivity index (χ2n) is 7.47. The highest BCUT2D eigenvalue weighted by molar-refractivity contribution is 5.88. The fraction of sp³-hybridized carbons (Fsp3) is 0.647. The third-order valence-corrected chi connectivity index (χ3v) is 5.71. The number of pyridine rings is 1. The van der Waals surface area contributed by atoms with Gasteiger partial charge < -0.3 is 10.6 Å². The van der Waals surface area contributed by atoms with Crippen LogP contribution in [0.2, 0.25) is 0 Å². The van der Waals surface area contributed by atoms with Crippen molar-refractivity contribution in [2.24, 2.45) is 23.2 Å². The summed E-state index contributed by atoms with van der Waals surface area (Å²) in [5, 5.41) is 5.97. The predicted octanol–water partition coefficient (Wildman–Crippen LogP) is 3.42. The van der Waals surface area contributed by atoms with Crippen LogP contribution < -0.4 is 10.6 Å². The molecule has 2 amide bonds. The number of aromatic nitrogens is 1. The van der Waals surface area contributed by atoms with E-state index in [0.29, 0.717) is 5.41 Å². The first-order valence-electron chi connectivity index (χ1n) is 8.16. The molecule has 4 bridgehead atoms. The Hall–Kier alpha value is -1.58. The maximum Gasteiger partial charge on any atom is 0.319 e. The van der Waals surface area contributed by atoms with Crippen LogP contribution in [0.15, 0.2) is 24.5 Å². The minimum Gasteiger partial charge on any atom is -0.337 e. The number of amides is 2. The number of nitrogens with zero attached hydrogens (tertiary/aromatic N) is 1. The summed E-state index contributed by atoms with van der Waals surface area (Å²) >= 11 is 0. The summed E-state index contributed by atoms with van der Waals surface area (Å²) in [6.07, 6.45) is 11.7. The molecule has 5 rings (SSSR count). The molecule has 0 spiro atoms. The van der Waals surface area contributed by atoms with Gasteiger partial charge in [-0.1, -0.05) is 0 Å². The predicted molar refractivity (Wildman–Crippen MR) is 81.9 cm³/mol. The normalized spacial score (nSPS) is 36.5. The molecule has 1 heterocycles. The zero-order valence-corrected chi connectivity index (χ0v) is 12.3. The average Bonchev–Trinajstić information content (AvgIpc) is 2.45. The van der Waals surface area contributed by atoms with Gasteiger partial charge in [-0.2, -0.15) is 0 Å². The highest BCUT2D eigenvalue weighted by Gasteiger charge is 2.50. The van der Waals surface area contributed by atoms with Crippen LogP contribution in [0.5, 0.6) is 0 Å². The Balaban J connectivity index is 1.35. The number of rotatable bonds is 3. The zero-order chi connectivity index (χ0) is 14.3. The van der Waals surface area contributed by atoms with Crippen molar-refractivity contribution in [3.8, 4) is 0 Å². The Bertz CT molecular complexity index is 493. The number of hydrogen-bond acceptors (Lipinski definition) is 2. The van der Waals surface area contributed by atoms with Crippen LogP contribution in [0.25, 0.3) is 0 Å². The quantitative estimate of drug-likeness (QED) is 0.894. The molecule has 0 aliphatic heterocycles. The van der Waals surface area contributed by atoms with E-state index in [1.165, 1.54) is 38.5 Å². The first-order valence-corrected chi connectivity index (χ1v) is 8.16. The molecule has 4 saturated carbocycles. The van der Waals surface area contributed by atoms with Crippen molar-refractivity contribution in [1.29, 1.82) is 0 Å². The van der Waals surface area contributed by atoms with Gasteiger partial charge in [0.05, 0.1) is 11.9 Å². The van der Waals surface area contributed by atoms with Gasteiger partial charge >= 0.3 is 6.03 Å². The van der Waals surface area contributed by atoms with Gasteiger partial charge in [0.2, 0.25) is 0 Å². The van der Waals surface area contributed by atoms with Crippen LogP contribution in [-0.2, 0) is 0 Å². The lowest BCUT2D eigenvalue weighted by molar-refractivity contribution is -0.0496. The van der Waals surface area contributed by atoms with Gasteiger partial charge in [0, 0.05) is 12.7 Å². The van der Waals surface area contributed by atoms with Gasteiger partial charge in [-0.25, -0.2) is 4.79 Å². The van der Waals surface area contributed by atoms with E-state index in [9.17, 15) is 4.79 Å². The summed E-state index contributed by atoms with van der Waals surface area (Å²) in [4.78, 5) is 16.1. The second-order valence-corrected chi connectivity index (χ2v) is 7.47. The van der Waals surface area contributed by atoms with Crippen LogP contribution in [0, 0.1) is 23.2 Å². The molecule has 0 radical (unpaired) electrons. The number of nitrogens with one attached hydrogen (secondary N) is 2.